The van der Waals surface area contributed by atoms with Gasteiger partial charge in [-0.3, -0.25) is 0 Å². The SMILES string of the molecule is COc1cc2c([As]c3cccc4ccoc34)ncnc2cc1OCC1CCN(C)CC1. The number of para-hydroxylation sites is 1. The molecule has 159 valence electrons. The van der Waals surface area contributed by atoms with Gasteiger partial charge in [0, 0.05) is 0 Å². The van der Waals surface area contributed by atoms with Gasteiger partial charge in [-0.2, -0.15) is 0 Å². The Morgan fingerprint density at radius 2 is 2.00 bits per heavy atom. The quantitative estimate of drug-likeness (QED) is 0.398. The summed E-state index contributed by atoms with van der Waals surface area (Å²) in [6, 6.07) is 12.3. The maximum atomic E-state index is 6.20. The molecule has 0 unspecified atom stereocenters. The van der Waals surface area contributed by atoms with Crippen molar-refractivity contribution >= 4 is 46.5 Å². The van der Waals surface area contributed by atoms with Gasteiger partial charge in [0.2, 0.25) is 0 Å². The monoisotopic (exact) mass is 478 g/mol. The Bertz CT molecular complexity index is 1200. The molecule has 0 spiro atoms. The molecule has 0 N–H and O–H groups in total. The van der Waals surface area contributed by atoms with Crippen molar-refractivity contribution < 1.29 is 13.9 Å². The maximum absolute atomic E-state index is 6.20. The molecule has 6 nitrogen and oxygen atoms in total. The third-order valence-electron chi connectivity index (χ3n) is 5.90. The van der Waals surface area contributed by atoms with E-state index in [0.717, 1.165) is 50.9 Å². The van der Waals surface area contributed by atoms with Crippen molar-refractivity contribution in [1.82, 2.24) is 14.9 Å². The second kappa shape index (κ2) is 8.89. The van der Waals surface area contributed by atoms with Crippen LogP contribution in [0.5, 0.6) is 11.5 Å². The van der Waals surface area contributed by atoms with Crippen molar-refractivity contribution in [3.05, 3.63) is 49.0 Å². The topological polar surface area (TPSA) is 60.6 Å². The molecule has 0 bridgehead atoms. The first kappa shape index (κ1) is 20.3. The summed E-state index contributed by atoms with van der Waals surface area (Å²) < 4.78 is 19.8. The van der Waals surface area contributed by atoms with Gasteiger partial charge >= 0.3 is 188 Å². The molecule has 1 aliphatic heterocycles. The van der Waals surface area contributed by atoms with E-state index >= 15 is 0 Å². The molecule has 5 rings (SSSR count). The fourth-order valence-corrected chi connectivity index (χ4v) is 6.30. The average molecular weight is 478 g/mol. The molecule has 0 saturated carbocycles. The molecule has 2 aromatic carbocycles. The average Bonchev–Trinajstić information content (AvgIpc) is 3.28. The first-order chi connectivity index (χ1) is 15.2. The Labute approximate surface area is 188 Å². The zero-order valence-corrected chi connectivity index (χ0v) is 19.6. The van der Waals surface area contributed by atoms with Crippen LogP contribution in [0.15, 0.2) is 53.4 Å². The Kier molecular flexibility index (Phi) is 5.84. The van der Waals surface area contributed by atoms with Crippen LogP contribution in [0.2, 0.25) is 0 Å². The van der Waals surface area contributed by atoms with E-state index in [9.17, 15) is 0 Å². The predicted molar refractivity (Wildman–Crippen MR) is 123 cm³/mol. The van der Waals surface area contributed by atoms with Crippen molar-refractivity contribution in [1.29, 1.82) is 0 Å². The summed E-state index contributed by atoms with van der Waals surface area (Å²) in [5, 5.41) is 2.13. The summed E-state index contributed by atoms with van der Waals surface area (Å²) in [5.74, 6) is 2.06. The molecule has 0 aliphatic carbocycles. The van der Waals surface area contributed by atoms with Gasteiger partial charge in [0.15, 0.2) is 0 Å². The fraction of sp³-hybridized carbons (Fsp3) is 0.333. The van der Waals surface area contributed by atoms with Gasteiger partial charge in [-0.25, -0.2) is 0 Å². The van der Waals surface area contributed by atoms with Crippen LogP contribution < -0.4 is 18.3 Å². The number of methoxy groups -OCH3 is 1. The Hall–Kier alpha value is -2.56. The van der Waals surface area contributed by atoms with E-state index in [4.69, 9.17) is 13.9 Å². The molecule has 31 heavy (non-hydrogen) atoms. The van der Waals surface area contributed by atoms with Gasteiger partial charge in [0.05, 0.1) is 0 Å². The van der Waals surface area contributed by atoms with Crippen LogP contribution in [0.3, 0.4) is 0 Å². The number of aromatic nitrogens is 2. The van der Waals surface area contributed by atoms with Crippen LogP contribution in [-0.4, -0.2) is 64.5 Å². The van der Waals surface area contributed by atoms with Crippen LogP contribution in [-0.2, 0) is 0 Å². The molecule has 0 amide bonds. The number of likely N-dealkylation sites (tertiary alicyclic amines) is 1. The molecule has 1 aliphatic rings. The van der Waals surface area contributed by atoms with Gasteiger partial charge in [0.25, 0.3) is 0 Å². The number of hydrogen-bond donors (Lipinski definition) is 0. The fourth-order valence-electron chi connectivity index (χ4n) is 4.03. The molecule has 3 heterocycles. The number of piperidine rings is 1. The zero-order valence-electron chi connectivity index (χ0n) is 17.7. The standard InChI is InChI=1S/C24H25AsN3O3/c1-28-9-6-16(7-10-28)14-31-22-13-20-18(12-21(22)29-2)24(27-15-26-20)25-19-5-3-4-17-8-11-30-23(17)19/h3-5,8,11-13,15-16H,6-7,9-10,14H2,1-2H3. The van der Waals surface area contributed by atoms with E-state index in [1.54, 1.807) is 19.7 Å². The van der Waals surface area contributed by atoms with Crippen LogP contribution in [0.25, 0.3) is 21.9 Å². The van der Waals surface area contributed by atoms with E-state index in [-0.39, 0.29) is 15.8 Å². The number of nitrogens with zero attached hydrogens (tertiary/aromatic N) is 3. The van der Waals surface area contributed by atoms with Gasteiger partial charge in [-0.05, 0) is 0 Å². The van der Waals surface area contributed by atoms with Crippen molar-refractivity contribution in [3.8, 4) is 11.5 Å². The van der Waals surface area contributed by atoms with Crippen LogP contribution in [0.1, 0.15) is 12.8 Å². The normalized spacial score (nSPS) is 15.9. The molecule has 2 aromatic heterocycles. The van der Waals surface area contributed by atoms with Gasteiger partial charge in [-0.1, -0.05) is 0 Å². The Morgan fingerprint density at radius 3 is 2.84 bits per heavy atom. The third kappa shape index (κ3) is 4.28. The second-order valence-corrected chi connectivity index (χ2v) is 10.4. The zero-order chi connectivity index (χ0) is 21.2. The molecule has 4 aromatic rings. The van der Waals surface area contributed by atoms with E-state index in [1.807, 2.05) is 18.2 Å². The van der Waals surface area contributed by atoms with Crippen LogP contribution in [0, 0.1) is 5.92 Å². The first-order valence-electron chi connectivity index (χ1n) is 10.5. The Balaban J connectivity index is 1.43. The first-order valence-corrected chi connectivity index (χ1v) is 12.4. The van der Waals surface area contributed by atoms with E-state index in [0.29, 0.717) is 12.5 Å². The summed E-state index contributed by atoms with van der Waals surface area (Å²) >= 11 is -0.369. The predicted octanol–water partition coefficient (Wildman–Crippen LogP) is 2.76. The van der Waals surface area contributed by atoms with Crippen LogP contribution >= 0.6 is 0 Å². The molecule has 0 atom stereocenters. The number of furan rings is 1. The van der Waals surface area contributed by atoms with Crippen LogP contribution in [0.4, 0.5) is 0 Å². The summed E-state index contributed by atoms with van der Waals surface area (Å²) in [7, 11) is 3.86. The van der Waals surface area contributed by atoms with E-state index in [2.05, 4.69) is 40.1 Å². The minimum atomic E-state index is -0.369. The number of benzene rings is 2. The van der Waals surface area contributed by atoms with E-state index < -0.39 is 0 Å². The molecular weight excluding hydrogens is 453 g/mol. The Morgan fingerprint density at radius 1 is 1.13 bits per heavy atom. The molecular formula is C24H25AsN3O3. The molecule has 1 saturated heterocycles. The number of hydrogen-bond acceptors (Lipinski definition) is 6. The second-order valence-electron chi connectivity index (χ2n) is 8.00. The number of rotatable bonds is 6. The van der Waals surface area contributed by atoms with Gasteiger partial charge < -0.3 is 0 Å². The minimum absolute atomic E-state index is 0.369. The third-order valence-corrected chi connectivity index (χ3v) is 8.33. The van der Waals surface area contributed by atoms with Gasteiger partial charge in [-0.15, -0.1) is 0 Å². The number of fused-ring (bicyclic) bond motifs is 2. The van der Waals surface area contributed by atoms with Crippen molar-refractivity contribution in [2.75, 3.05) is 33.9 Å². The van der Waals surface area contributed by atoms with Crippen molar-refractivity contribution in [3.63, 3.8) is 0 Å². The van der Waals surface area contributed by atoms with Gasteiger partial charge in [0.1, 0.15) is 0 Å². The summed E-state index contributed by atoms with van der Waals surface area (Å²) in [6.45, 7) is 2.97. The summed E-state index contributed by atoms with van der Waals surface area (Å²) in [5.41, 5.74) is 1.82. The van der Waals surface area contributed by atoms with Crippen molar-refractivity contribution in [2.45, 2.75) is 12.8 Å². The number of ether oxygens (including phenoxy) is 2. The van der Waals surface area contributed by atoms with E-state index in [1.165, 1.54) is 17.2 Å². The summed E-state index contributed by atoms with van der Waals surface area (Å²) in [6.07, 6.45) is 5.72. The van der Waals surface area contributed by atoms with Crippen molar-refractivity contribution in [2.24, 2.45) is 5.92 Å². The molecule has 7 heteroatoms. The molecule has 1 radical (unpaired) electrons. The molecule has 1 fully saturated rings. The summed E-state index contributed by atoms with van der Waals surface area (Å²) in [4.78, 5) is 11.5.